The highest BCUT2D eigenvalue weighted by Gasteiger charge is 2.14. The van der Waals surface area contributed by atoms with Gasteiger partial charge in [-0.25, -0.2) is 9.37 Å². The first-order valence-electron chi connectivity index (χ1n) is 8.60. The van der Waals surface area contributed by atoms with E-state index >= 15 is 0 Å². The van der Waals surface area contributed by atoms with Gasteiger partial charge in [-0.2, -0.15) is 5.26 Å². The van der Waals surface area contributed by atoms with Crippen molar-refractivity contribution in [2.24, 2.45) is 0 Å². The molecule has 0 spiro atoms. The maximum absolute atomic E-state index is 13.3. The highest BCUT2D eigenvalue weighted by atomic mass is 28.3. The minimum absolute atomic E-state index is 0.275. The summed E-state index contributed by atoms with van der Waals surface area (Å²) in [4.78, 5) is 4.44. The molecule has 3 rings (SSSR count). The standard InChI is InChI=1S/C20H22FN3OSi/c1-26(2,3)9-8-25-14-24-13-19(16-4-6-17(21)7-5-16)18-10-15(11-22)12-23-20(18)24/h4-7,10,12-13H,8-9,14H2,1-3H3. The fraction of sp³-hybridized carbons (Fsp3) is 0.300. The number of hydrogen-bond donors (Lipinski definition) is 0. The highest BCUT2D eigenvalue weighted by Crippen LogP contribution is 2.30. The molecule has 0 unspecified atom stereocenters. The number of halogens is 1. The van der Waals surface area contributed by atoms with Crippen molar-refractivity contribution in [3.63, 3.8) is 0 Å². The molecule has 6 heteroatoms. The fourth-order valence-electron chi connectivity index (χ4n) is 2.73. The largest absolute Gasteiger partial charge is 0.361 e. The van der Waals surface area contributed by atoms with Gasteiger partial charge in [0.15, 0.2) is 0 Å². The number of ether oxygens (including phenoxy) is 1. The third kappa shape index (κ3) is 4.18. The molecule has 2 aromatic heterocycles. The maximum atomic E-state index is 13.3. The quantitative estimate of drug-likeness (QED) is 0.454. The van der Waals surface area contributed by atoms with Gasteiger partial charge in [-0.15, -0.1) is 0 Å². The molecule has 0 aliphatic heterocycles. The molecule has 0 bridgehead atoms. The summed E-state index contributed by atoms with van der Waals surface area (Å²) in [6, 6.07) is 11.4. The average Bonchev–Trinajstić information content (AvgIpc) is 2.96. The Morgan fingerprint density at radius 3 is 2.62 bits per heavy atom. The topological polar surface area (TPSA) is 50.8 Å². The summed E-state index contributed by atoms with van der Waals surface area (Å²) in [5.74, 6) is -0.275. The number of benzene rings is 1. The lowest BCUT2D eigenvalue weighted by Crippen LogP contribution is -2.22. The van der Waals surface area contributed by atoms with E-state index in [0.29, 0.717) is 12.3 Å². The van der Waals surface area contributed by atoms with Crippen LogP contribution in [-0.2, 0) is 11.5 Å². The number of fused-ring (bicyclic) bond motifs is 1. The molecule has 0 fully saturated rings. The van der Waals surface area contributed by atoms with Gasteiger partial charge in [0, 0.05) is 38.0 Å². The van der Waals surface area contributed by atoms with Crippen LogP contribution < -0.4 is 0 Å². The Balaban J connectivity index is 1.94. The fourth-order valence-corrected chi connectivity index (χ4v) is 3.49. The molecule has 0 saturated carbocycles. The van der Waals surface area contributed by atoms with E-state index in [2.05, 4.69) is 30.7 Å². The van der Waals surface area contributed by atoms with Gasteiger partial charge in [-0.3, -0.25) is 0 Å². The van der Waals surface area contributed by atoms with Crippen molar-refractivity contribution in [2.75, 3.05) is 6.61 Å². The third-order valence-corrected chi connectivity index (χ3v) is 5.93. The van der Waals surface area contributed by atoms with E-state index in [9.17, 15) is 9.65 Å². The van der Waals surface area contributed by atoms with Crippen LogP contribution in [0.25, 0.3) is 22.2 Å². The van der Waals surface area contributed by atoms with Gasteiger partial charge in [-0.05, 0) is 29.8 Å². The predicted octanol–water partition coefficient (Wildman–Crippen LogP) is 5.03. The summed E-state index contributed by atoms with van der Waals surface area (Å²) < 4.78 is 21.1. The van der Waals surface area contributed by atoms with Gasteiger partial charge in [0.25, 0.3) is 0 Å². The second kappa shape index (κ2) is 7.40. The summed E-state index contributed by atoms with van der Waals surface area (Å²) in [6.45, 7) is 8.08. The first kappa shape index (κ1) is 18.3. The number of aromatic nitrogens is 2. The van der Waals surface area contributed by atoms with Gasteiger partial charge < -0.3 is 9.30 Å². The molecule has 0 aliphatic carbocycles. The molecule has 0 atom stereocenters. The van der Waals surface area contributed by atoms with Crippen molar-refractivity contribution in [3.8, 4) is 17.2 Å². The second-order valence-corrected chi connectivity index (χ2v) is 13.2. The second-order valence-electron chi connectivity index (χ2n) is 7.57. The van der Waals surface area contributed by atoms with Gasteiger partial charge in [0.2, 0.25) is 0 Å². The summed E-state index contributed by atoms with van der Waals surface area (Å²) in [5.41, 5.74) is 3.06. The van der Waals surface area contributed by atoms with E-state index in [4.69, 9.17) is 4.74 Å². The Hall–Kier alpha value is -2.49. The predicted molar refractivity (Wildman–Crippen MR) is 104 cm³/mol. The lowest BCUT2D eigenvalue weighted by molar-refractivity contribution is 0.0899. The molecule has 1 aromatic carbocycles. The number of nitriles is 1. The van der Waals surface area contributed by atoms with Crippen molar-refractivity contribution in [1.29, 1.82) is 5.26 Å². The molecule has 0 N–H and O–H groups in total. The van der Waals surface area contributed by atoms with Crippen LogP contribution >= 0.6 is 0 Å². The Morgan fingerprint density at radius 1 is 1.23 bits per heavy atom. The molecule has 3 aromatic rings. The molecular formula is C20H22FN3OSi. The summed E-state index contributed by atoms with van der Waals surface area (Å²) in [5, 5.41) is 10.0. The summed E-state index contributed by atoms with van der Waals surface area (Å²) in [7, 11) is -1.14. The smallest absolute Gasteiger partial charge is 0.142 e. The molecule has 134 valence electrons. The van der Waals surface area contributed by atoms with Gasteiger partial charge in [0.1, 0.15) is 24.3 Å². The van der Waals surface area contributed by atoms with Crippen molar-refractivity contribution in [3.05, 3.63) is 54.1 Å². The minimum atomic E-state index is -1.14. The lowest BCUT2D eigenvalue weighted by Gasteiger charge is -2.15. The van der Waals surface area contributed by atoms with E-state index in [1.165, 1.54) is 12.1 Å². The van der Waals surface area contributed by atoms with Crippen LogP contribution in [0, 0.1) is 17.1 Å². The third-order valence-electron chi connectivity index (χ3n) is 4.22. The van der Waals surface area contributed by atoms with E-state index in [0.717, 1.165) is 34.8 Å². The highest BCUT2D eigenvalue weighted by molar-refractivity contribution is 6.76. The summed E-state index contributed by atoms with van der Waals surface area (Å²) >= 11 is 0. The SMILES string of the molecule is C[Si](C)(C)CCOCn1cc(-c2ccc(F)cc2)c2cc(C#N)cnc21. The Labute approximate surface area is 153 Å². The molecule has 0 radical (unpaired) electrons. The number of rotatable bonds is 6. The minimum Gasteiger partial charge on any atom is -0.361 e. The normalized spacial score (nSPS) is 11.7. The van der Waals surface area contributed by atoms with Gasteiger partial charge in [0.05, 0.1) is 5.56 Å². The Bertz CT molecular complexity index is 952. The van der Waals surface area contributed by atoms with Crippen LogP contribution in [0.3, 0.4) is 0 Å². The van der Waals surface area contributed by atoms with Crippen molar-refractivity contribution in [2.45, 2.75) is 32.4 Å². The molecule has 0 amide bonds. The van der Waals surface area contributed by atoms with E-state index in [1.54, 1.807) is 18.3 Å². The number of nitrogens with zero attached hydrogens (tertiary/aromatic N) is 3. The molecule has 0 saturated heterocycles. The Kier molecular flexibility index (Phi) is 5.21. The molecule has 26 heavy (non-hydrogen) atoms. The lowest BCUT2D eigenvalue weighted by atomic mass is 10.1. The van der Waals surface area contributed by atoms with Crippen LogP contribution in [0.1, 0.15) is 5.56 Å². The van der Waals surface area contributed by atoms with Crippen molar-refractivity contribution in [1.82, 2.24) is 9.55 Å². The van der Waals surface area contributed by atoms with Crippen LogP contribution in [0.2, 0.25) is 25.7 Å². The zero-order valence-corrected chi connectivity index (χ0v) is 16.3. The first-order valence-corrected chi connectivity index (χ1v) is 12.3. The van der Waals surface area contributed by atoms with Gasteiger partial charge in [-0.1, -0.05) is 31.8 Å². The van der Waals surface area contributed by atoms with Crippen LogP contribution in [-0.4, -0.2) is 24.2 Å². The first-order chi connectivity index (χ1) is 12.4. The zero-order valence-electron chi connectivity index (χ0n) is 15.3. The van der Waals surface area contributed by atoms with E-state index in [-0.39, 0.29) is 5.82 Å². The maximum Gasteiger partial charge on any atom is 0.142 e. The zero-order chi connectivity index (χ0) is 18.7. The monoisotopic (exact) mass is 367 g/mol. The number of pyridine rings is 1. The molecule has 4 nitrogen and oxygen atoms in total. The van der Waals surface area contributed by atoms with Crippen molar-refractivity contribution < 1.29 is 9.13 Å². The Morgan fingerprint density at radius 2 is 1.96 bits per heavy atom. The van der Waals surface area contributed by atoms with Crippen LogP contribution in [0.4, 0.5) is 4.39 Å². The van der Waals surface area contributed by atoms with Crippen molar-refractivity contribution >= 4 is 19.1 Å². The van der Waals surface area contributed by atoms with Gasteiger partial charge >= 0.3 is 0 Å². The van der Waals surface area contributed by atoms with E-state index < -0.39 is 8.07 Å². The molecule has 2 heterocycles. The molecule has 0 aliphatic rings. The van der Waals surface area contributed by atoms with Crippen LogP contribution in [0.15, 0.2) is 42.7 Å². The summed E-state index contributed by atoms with van der Waals surface area (Å²) in [6.07, 6.45) is 3.52. The van der Waals surface area contributed by atoms with Crippen LogP contribution in [0.5, 0.6) is 0 Å². The average molecular weight is 368 g/mol. The number of hydrogen-bond acceptors (Lipinski definition) is 3. The molecular weight excluding hydrogens is 345 g/mol. The van der Waals surface area contributed by atoms with E-state index in [1.807, 2.05) is 16.8 Å².